The second kappa shape index (κ2) is 11.1. The molecule has 154 valence electrons. The molecule has 0 unspecified atom stereocenters. The van der Waals surface area contributed by atoms with E-state index >= 15 is 0 Å². The number of carbonyl (C=O) groups excluding carboxylic acids is 4. The summed E-state index contributed by atoms with van der Waals surface area (Å²) in [5.41, 5.74) is 2.26. The van der Waals surface area contributed by atoms with Crippen LogP contribution in [0.3, 0.4) is 0 Å². The van der Waals surface area contributed by atoms with Crippen LogP contribution in [0.5, 0.6) is 0 Å². The van der Waals surface area contributed by atoms with Gasteiger partial charge in [0.25, 0.3) is 5.91 Å². The minimum atomic E-state index is -1.34. The van der Waals surface area contributed by atoms with Gasteiger partial charge in [0.15, 0.2) is 0 Å². The monoisotopic (exact) mass is 386 g/mol. The van der Waals surface area contributed by atoms with Gasteiger partial charge in [-0.2, -0.15) is 0 Å². The fraction of sp³-hybridized carbons (Fsp3) is 0.706. The van der Waals surface area contributed by atoms with E-state index in [9.17, 15) is 24.0 Å². The van der Waals surface area contributed by atoms with Gasteiger partial charge >= 0.3 is 12.0 Å². The molecule has 0 aliphatic heterocycles. The molecule has 0 saturated heterocycles. The molecule has 0 aromatic heterocycles. The molecule has 0 rings (SSSR count). The predicted octanol–water partition coefficient (Wildman–Crippen LogP) is 0.278. The molecular formula is C17H30N4O6. The molecule has 4 N–H and O–H groups in total. The molecule has 0 aliphatic rings. The molecular weight excluding hydrogens is 356 g/mol. The Morgan fingerprint density at radius 3 is 1.67 bits per heavy atom. The second-order valence-electron chi connectivity index (χ2n) is 7.22. The smallest absolute Gasteiger partial charge is 0.405 e. The number of Topliss-reactive ketones (excluding diaryl/α,β-unsaturated/α-hetero) is 1. The highest BCUT2D eigenvalue weighted by Gasteiger charge is 2.29. The highest BCUT2D eigenvalue weighted by molar-refractivity contribution is 6.35. The summed E-state index contributed by atoms with van der Waals surface area (Å²) < 4.78 is 0. The molecule has 27 heavy (non-hydrogen) atoms. The largest absolute Gasteiger partial charge is 0.465 e. The minimum Gasteiger partial charge on any atom is -0.465 e. The molecule has 0 heterocycles. The summed E-state index contributed by atoms with van der Waals surface area (Å²) in [5, 5.41) is 14.4. The lowest BCUT2D eigenvalue weighted by Crippen LogP contribution is -2.57. The van der Waals surface area contributed by atoms with E-state index in [4.69, 9.17) is 5.11 Å². The summed E-state index contributed by atoms with van der Waals surface area (Å²) in [5.74, 6) is -2.87. The molecule has 10 nitrogen and oxygen atoms in total. The number of carbonyl (C=O) groups is 5. The molecule has 0 spiro atoms. The van der Waals surface area contributed by atoms with Gasteiger partial charge in [-0.15, -0.1) is 0 Å². The Hall–Kier alpha value is -2.65. The summed E-state index contributed by atoms with van der Waals surface area (Å²) in [6.45, 7) is 8.44. The number of hydrogen-bond acceptors (Lipinski definition) is 5. The summed E-state index contributed by atoms with van der Waals surface area (Å²) in [6.07, 6.45) is -0.815. The number of hydrazine groups is 1. The lowest BCUT2D eigenvalue weighted by molar-refractivity contribution is -0.148. The van der Waals surface area contributed by atoms with Crippen LogP contribution in [0.2, 0.25) is 0 Å². The van der Waals surface area contributed by atoms with E-state index in [0.29, 0.717) is 0 Å². The summed E-state index contributed by atoms with van der Waals surface area (Å²) in [4.78, 5) is 58.6. The quantitative estimate of drug-likeness (QED) is 0.331. The minimum absolute atomic E-state index is 0.0332. The molecule has 2 atom stereocenters. The molecule has 0 aliphatic carbocycles. The molecule has 0 bridgehead atoms. The lowest BCUT2D eigenvalue weighted by atomic mass is 10.0. The van der Waals surface area contributed by atoms with Gasteiger partial charge in [0.2, 0.25) is 11.7 Å². The Morgan fingerprint density at radius 1 is 0.852 bits per heavy atom. The Labute approximate surface area is 159 Å². The normalized spacial score (nSPS) is 12.9. The average molecular weight is 386 g/mol. The van der Waals surface area contributed by atoms with Crippen molar-refractivity contribution in [1.29, 1.82) is 0 Å². The number of hydrogen-bond donors (Lipinski definition) is 4. The molecule has 10 heteroatoms. The third-order valence-corrected chi connectivity index (χ3v) is 3.55. The van der Waals surface area contributed by atoms with Crippen molar-refractivity contribution >= 4 is 29.6 Å². The highest BCUT2D eigenvalue weighted by atomic mass is 16.4. The van der Waals surface area contributed by atoms with E-state index in [0.717, 1.165) is 11.9 Å². The zero-order valence-electron chi connectivity index (χ0n) is 16.7. The first-order valence-corrected chi connectivity index (χ1v) is 8.74. The van der Waals surface area contributed by atoms with Crippen molar-refractivity contribution in [2.45, 2.75) is 59.5 Å². The first-order valence-electron chi connectivity index (χ1n) is 8.74. The van der Waals surface area contributed by atoms with Crippen molar-refractivity contribution in [3.8, 4) is 0 Å². The number of nitrogens with one attached hydrogen (secondary N) is 3. The van der Waals surface area contributed by atoms with Crippen molar-refractivity contribution in [3.05, 3.63) is 0 Å². The fourth-order valence-electron chi connectivity index (χ4n) is 2.36. The van der Waals surface area contributed by atoms with Gasteiger partial charge in [-0.25, -0.2) is 4.79 Å². The molecule has 4 amide bonds. The molecule has 0 fully saturated rings. The Balaban J connectivity index is 5.23. The van der Waals surface area contributed by atoms with Gasteiger partial charge < -0.3 is 15.7 Å². The Kier molecular flexibility index (Phi) is 10.1. The van der Waals surface area contributed by atoms with Gasteiger partial charge in [0.05, 0.1) is 0 Å². The molecule has 0 saturated carbocycles. The topological polar surface area (TPSA) is 145 Å². The van der Waals surface area contributed by atoms with Crippen molar-refractivity contribution in [2.75, 3.05) is 7.05 Å². The van der Waals surface area contributed by atoms with Crippen LogP contribution in [-0.2, 0) is 19.2 Å². The van der Waals surface area contributed by atoms with Crippen LogP contribution < -0.4 is 16.1 Å². The predicted molar refractivity (Wildman–Crippen MR) is 97.4 cm³/mol. The number of likely N-dealkylation sites (N-methyl/N-ethyl adjacent to an activating group) is 1. The van der Waals surface area contributed by atoms with E-state index in [1.54, 1.807) is 0 Å². The van der Waals surface area contributed by atoms with Crippen LogP contribution in [0.1, 0.15) is 47.5 Å². The second-order valence-corrected chi connectivity index (χ2v) is 7.22. The SMILES string of the molecule is CC(=O)C(=O)N(C)NC(=O)[C@H](CC(C)C)NC(=O)[C@H](CC(C)C)NC(=O)O. The summed E-state index contributed by atoms with van der Waals surface area (Å²) >= 11 is 0. The van der Waals surface area contributed by atoms with Crippen molar-refractivity contribution in [3.63, 3.8) is 0 Å². The average Bonchev–Trinajstić information content (AvgIpc) is 2.50. The van der Waals surface area contributed by atoms with E-state index in [2.05, 4.69) is 16.1 Å². The van der Waals surface area contributed by atoms with Crippen molar-refractivity contribution in [1.82, 2.24) is 21.1 Å². The summed E-state index contributed by atoms with van der Waals surface area (Å²) in [6, 6.07) is -2.01. The van der Waals surface area contributed by atoms with Gasteiger partial charge in [-0.05, 0) is 24.7 Å². The van der Waals surface area contributed by atoms with E-state index < -0.39 is 41.7 Å². The number of nitrogens with zero attached hydrogens (tertiary/aromatic N) is 1. The van der Waals surface area contributed by atoms with Crippen LogP contribution in [0.25, 0.3) is 0 Å². The number of ketones is 1. The fourth-order valence-corrected chi connectivity index (χ4v) is 2.36. The van der Waals surface area contributed by atoms with E-state index in [1.807, 2.05) is 27.7 Å². The van der Waals surface area contributed by atoms with Crippen LogP contribution >= 0.6 is 0 Å². The van der Waals surface area contributed by atoms with Gasteiger partial charge in [-0.1, -0.05) is 27.7 Å². The first-order chi connectivity index (χ1) is 12.3. The Morgan fingerprint density at radius 2 is 1.30 bits per heavy atom. The lowest BCUT2D eigenvalue weighted by Gasteiger charge is -2.26. The van der Waals surface area contributed by atoms with Crippen LogP contribution in [0, 0.1) is 11.8 Å². The van der Waals surface area contributed by atoms with Crippen molar-refractivity contribution in [2.24, 2.45) is 11.8 Å². The zero-order valence-corrected chi connectivity index (χ0v) is 16.7. The summed E-state index contributed by atoms with van der Waals surface area (Å²) in [7, 11) is 1.23. The third-order valence-electron chi connectivity index (χ3n) is 3.55. The van der Waals surface area contributed by atoms with Crippen LogP contribution in [0.15, 0.2) is 0 Å². The number of carboxylic acid groups (broad SMARTS) is 1. The number of rotatable bonds is 9. The standard InChI is InChI=1S/C17H30N4O6/c1-9(2)7-12(19-17(26)27)14(23)18-13(8-10(3)4)15(24)20-21(6)16(25)11(5)22/h9-10,12-13,19H,7-8H2,1-6H3,(H,18,23)(H,20,24)(H,26,27)/t12-,13-/m0/s1. The van der Waals surface area contributed by atoms with Crippen molar-refractivity contribution < 1.29 is 29.1 Å². The maximum absolute atomic E-state index is 12.5. The van der Waals surface area contributed by atoms with Crippen LogP contribution in [-0.4, -0.2) is 58.8 Å². The first kappa shape index (κ1) is 24.4. The highest BCUT2D eigenvalue weighted by Crippen LogP contribution is 2.09. The molecule has 0 radical (unpaired) electrons. The van der Waals surface area contributed by atoms with E-state index in [1.165, 1.54) is 7.05 Å². The zero-order chi connectivity index (χ0) is 21.3. The van der Waals surface area contributed by atoms with Crippen LogP contribution in [0.4, 0.5) is 4.79 Å². The Bertz CT molecular complexity index is 576. The van der Waals surface area contributed by atoms with E-state index in [-0.39, 0.29) is 24.7 Å². The maximum atomic E-state index is 12.5. The maximum Gasteiger partial charge on any atom is 0.405 e. The number of amides is 4. The van der Waals surface area contributed by atoms with Gasteiger partial charge in [0.1, 0.15) is 12.1 Å². The third kappa shape index (κ3) is 9.57. The van der Waals surface area contributed by atoms with Gasteiger partial charge in [0, 0.05) is 14.0 Å². The van der Waals surface area contributed by atoms with Gasteiger partial charge in [-0.3, -0.25) is 29.6 Å². The molecule has 0 aromatic rings. The molecule has 0 aromatic carbocycles.